The summed E-state index contributed by atoms with van der Waals surface area (Å²) in [7, 11) is 0. The van der Waals surface area contributed by atoms with Crippen molar-refractivity contribution < 1.29 is 14.7 Å². The van der Waals surface area contributed by atoms with Crippen molar-refractivity contribution in [2.45, 2.75) is 64.7 Å². The lowest BCUT2D eigenvalue weighted by Crippen LogP contribution is -1.92. The van der Waals surface area contributed by atoms with Gasteiger partial charge in [0.1, 0.15) is 0 Å². The van der Waals surface area contributed by atoms with E-state index < -0.39 is 5.97 Å². The predicted molar refractivity (Wildman–Crippen MR) is 96.4 cm³/mol. The number of carbonyl (C=O) groups is 2. The van der Waals surface area contributed by atoms with E-state index in [1.54, 1.807) is 12.2 Å². The van der Waals surface area contributed by atoms with E-state index in [-0.39, 0.29) is 12.2 Å². The topological polar surface area (TPSA) is 54.4 Å². The number of carboxylic acid groups (broad SMARTS) is 1. The lowest BCUT2D eigenvalue weighted by Gasteiger charge is -1.91. The first-order chi connectivity index (χ1) is 11.2. The van der Waals surface area contributed by atoms with Gasteiger partial charge in [-0.3, -0.25) is 9.59 Å². The molecule has 0 heterocycles. The lowest BCUT2D eigenvalue weighted by atomic mass is 10.1. The molecule has 0 radical (unpaired) electrons. The Hall–Kier alpha value is -1.90. The van der Waals surface area contributed by atoms with Crippen LogP contribution >= 0.6 is 0 Å². The van der Waals surface area contributed by atoms with Gasteiger partial charge in [-0.1, -0.05) is 62.3 Å². The molecule has 0 aromatic rings. The minimum atomic E-state index is -0.746. The van der Waals surface area contributed by atoms with E-state index in [2.05, 4.69) is 13.0 Å². The van der Waals surface area contributed by atoms with E-state index in [1.165, 1.54) is 19.3 Å². The van der Waals surface area contributed by atoms with Crippen LogP contribution in [-0.2, 0) is 9.59 Å². The first-order valence-corrected chi connectivity index (χ1v) is 8.54. The van der Waals surface area contributed by atoms with Crippen molar-refractivity contribution in [3.63, 3.8) is 0 Å². The molecule has 0 saturated heterocycles. The molecule has 0 aliphatic carbocycles. The highest BCUT2D eigenvalue weighted by Crippen LogP contribution is 2.01. The van der Waals surface area contributed by atoms with E-state index in [1.807, 2.05) is 30.4 Å². The van der Waals surface area contributed by atoms with E-state index in [9.17, 15) is 9.59 Å². The van der Waals surface area contributed by atoms with Crippen LogP contribution in [0, 0.1) is 0 Å². The summed E-state index contributed by atoms with van der Waals surface area (Å²) < 4.78 is 0. The van der Waals surface area contributed by atoms with Gasteiger partial charge in [-0.25, -0.2) is 0 Å². The van der Waals surface area contributed by atoms with Crippen LogP contribution in [0.5, 0.6) is 0 Å². The van der Waals surface area contributed by atoms with E-state index in [0.717, 1.165) is 19.3 Å². The Bertz CT molecular complexity index is 428. The van der Waals surface area contributed by atoms with Crippen LogP contribution in [0.1, 0.15) is 64.7 Å². The van der Waals surface area contributed by atoms with Gasteiger partial charge in [0.05, 0.1) is 0 Å². The quantitative estimate of drug-likeness (QED) is 0.202. The summed E-state index contributed by atoms with van der Waals surface area (Å²) in [6.07, 6.45) is 22.9. The SMILES string of the molecule is CCCCC/C=C/CC(=O)/C=C/C=C/C/C=C/CCCC(=O)O. The third-order valence-electron chi connectivity index (χ3n) is 3.19. The molecule has 1 N–H and O–H groups in total. The van der Waals surface area contributed by atoms with Gasteiger partial charge in [-0.2, -0.15) is 0 Å². The summed E-state index contributed by atoms with van der Waals surface area (Å²) in [5.74, 6) is -0.630. The maximum Gasteiger partial charge on any atom is 0.303 e. The van der Waals surface area contributed by atoms with Gasteiger partial charge in [0.25, 0.3) is 0 Å². The Balaban J connectivity index is 3.64. The Morgan fingerprint density at radius 3 is 2.35 bits per heavy atom. The van der Waals surface area contributed by atoms with Crippen molar-refractivity contribution in [3.8, 4) is 0 Å². The number of aliphatic carboxylic acids is 1. The molecule has 0 bridgehead atoms. The molecule has 0 unspecified atom stereocenters. The number of hydrogen-bond donors (Lipinski definition) is 1. The zero-order valence-corrected chi connectivity index (χ0v) is 14.2. The van der Waals surface area contributed by atoms with Crippen molar-refractivity contribution in [1.29, 1.82) is 0 Å². The smallest absolute Gasteiger partial charge is 0.303 e. The number of unbranched alkanes of at least 4 members (excludes halogenated alkanes) is 4. The largest absolute Gasteiger partial charge is 0.481 e. The monoisotopic (exact) mass is 318 g/mol. The van der Waals surface area contributed by atoms with Gasteiger partial charge in [0.15, 0.2) is 5.78 Å². The molecule has 3 heteroatoms. The van der Waals surface area contributed by atoms with Crippen molar-refractivity contribution in [2.75, 3.05) is 0 Å². The Labute approximate surface area is 140 Å². The van der Waals surface area contributed by atoms with Crippen LogP contribution in [0.2, 0.25) is 0 Å². The summed E-state index contributed by atoms with van der Waals surface area (Å²) in [6, 6.07) is 0. The van der Waals surface area contributed by atoms with E-state index >= 15 is 0 Å². The summed E-state index contributed by atoms with van der Waals surface area (Å²) in [5, 5.41) is 8.49. The first-order valence-electron chi connectivity index (χ1n) is 8.54. The molecule has 0 aromatic heterocycles. The van der Waals surface area contributed by atoms with Crippen molar-refractivity contribution in [2.24, 2.45) is 0 Å². The molecule has 0 saturated carbocycles. The lowest BCUT2D eigenvalue weighted by molar-refractivity contribution is -0.137. The molecule has 3 nitrogen and oxygen atoms in total. The van der Waals surface area contributed by atoms with Crippen LogP contribution < -0.4 is 0 Å². The normalized spacial score (nSPS) is 12.2. The van der Waals surface area contributed by atoms with E-state index in [4.69, 9.17) is 5.11 Å². The zero-order chi connectivity index (χ0) is 17.2. The average Bonchev–Trinajstić information content (AvgIpc) is 2.52. The fourth-order valence-electron chi connectivity index (χ4n) is 1.88. The van der Waals surface area contributed by atoms with Crippen LogP contribution in [-0.4, -0.2) is 16.9 Å². The van der Waals surface area contributed by atoms with Crippen LogP contribution in [0.3, 0.4) is 0 Å². The molecule has 0 spiro atoms. The molecule has 0 aliphatic rings. The van der Waals surface area contributed by atoms with Crippen LogP contribution in [0.25, 0.3) is 0 Å². The van der Waals surface area contributed by atoms with Crippen LogP contribution in [0.4, 0.5) is 0 Å². The minimum absolute atomic E-state index is 0.116. The zero-order valence-electron chi connectivity index (χ0n) is 14.2. The highest BCUT2D eigenvalue weighted by molar-refractivity contribution is 5.90. The van der Waals surface area contributed by atoms with E-state index in [0.29, 0.717) is 12.8 Å². The number of rotatable bonds is 14. The molecule has 128 valence electrons. The van der Waals surface area contributed by atoms with Gasteiger partial charge < -0.3 is 5.11 Å². The number of ketones is 1. The third kappa shape index (κ3) is 18.1. The van der Waals surface area contributed by atoms with Gasteiger partial charge >= 0.3 is 5.97 Å². The molecular formula is C20H30O3. The summed E-state index contributed by atoms with van der Waals surface area (Å²) in [5.41, 5.74) is 0. The van der Waals surface area contributed by atoms with Gasteiger partial charge in [0.2, 0.25) is 0 Å². The standard InChI is InChI=1S/C20H30O3/c1-2-3-4-5-10-13-16-19(21)17-14-11-8-6-7-9-12-15-18-20(22)23/h7-11,13-14,17H,2-6,12,15-16,18H2,1H3,(H,22,23)/b9-7+,11-8+,13-10+,17-14+. The predicted octanol–water partition coefficient (Wildman–Crippen LogP) is 5.40. The average molecular weight is 318 g/mol. The molecule has 0 fully saturated rings. The van der Waals surface area contributed by atoms with Gasteiger partial charge in [0, 0.05) is 12.8 Å². The van der Waals surface area contributed by atoms with Gasteiger partial charge in [-0.15, -0.1) is 0 Å². The number of allylic oxidation sites excluding steroid dienone is 8. The molecule has 23 heavy (non-hydrogen) atoms. The molecule has 0 atom stereocenters. The number of hydrogen-bond acceptors (Lipinski definition) is 2. The molecule has 0 rings (SSSR count). The van der Waals surface area contributed by atoms with Gasteiger partial charge in [-0.05, 0) is 38.2 Å². The third-order valence-corrected chi connectivity index (χ3v) is 3.19. The second-order valence-corrected chi connectivity index (χ2v) is 5.42. The summed E-state index contributed by atoms with van der Waals surface area (Å²) >= 11 is 0. The second kappa shape index (κ2) is 16.5. The molecule has 0 aromatic carbocycles. The highest BCUT2D eigenvalue weighted by Gasteiger charge is 1.92. The molecule has 0 amide bonds. The highest BCUT2D eigenvalue weighted by atomic mass is 16.4. The summed E-state index contributed by atoms with van der Waals surface area (Å²) in [6.45, 7) is 2.18. The second-order valence-electron chi connectivity index (χ2n) is 5.42. The van der Waals surface area contributed by atoms with Crippen molar-refractivity contribution in [1.82, 2.24) is 0 Å². The summed E-state index contributed by atoms with van der Waals surface area (Å²) in [4.78, 5) is 21.9. The Kier molecular flexibility index (Phi) is 15.1. The first kappa shape index (κ1) is 21.1. The Morgan fingerprint density at radius 1 is 0.870 bits per heavy atom. The number of carboxylic acids is 1. The number of carbonyl (C=O) groups excluding carboxylic acids is 1. The van der Waals surface area contributed by atoms with Crippen LogP contribution in [0.15, 0.2) is 48.6 Å². The minimum Gasteiger partial charge on any atom is -0.481 e. The van der Waals surface area contributed by atoms with Crippen molar-refractivity contribution in [3.05, 3.63) is 48.6 Å². The fourth-order valence-corrected chi connectivity index (χ4v) is 1.88. The van der Waals surface area contributed by atoms with Crippen molar-refractivity contribution >= 4 is 11.8 Å². The molecule has 0 aliphatic heterocycles. The molecular weight excluding hydrogens is 288 g/mol. The maximum atomic E-state index is 11.6. The maximum absolute atomic E-state index is 11.6. The fraction of sp³-hybridized carbons (Fsp3) is 0.500. The Morgan fingerprint density at radius 2 is 1.61 bits per heavy atom.